The zero-order valence-electron chi connectivity index (χ0n) is 16.7. The number of rotatable bonds is 3. The molecule has 3 aliphatic heterocycles. The summed E-state index contributed by atoms with van der Waals surface area (Å²) >= 11 is 0. The molecule has 27 heavy (non-hydrogen) atoms. The average Bonchev–Trinajstić information content (AvgIpc) is 2.98. The molecule has 0 aromatic carbocycles. The van der Waals surface area contributed by atoms with Crippen LogP contribution in [-0.4, -0.2) is 91.2 Å². The van der Waals surface area contributed by atoms with E-state index in [0.717, 1.165) is 76.5 Å². The summed E-state index contributed by atoms with van der Waals surface area (Å²) in [4.78, 5) is 24.1. The molecule has 0 bridgehead atoms. The van der Waals surface area contributed by atoms with Gasteiger partial charge in [-0.15, -0.1) is 0 Å². The molecule has 4 rings (SSSR count). The summed E-state index contributed by atoms with van der Waals surface area (Å²) in [5, 5.41) is 0. The van der Waals surface area contributed by atoms with Crippen molar-refractivity contribution in [3.63, 3.8) is 0 Å². The lowest BCUT2D eigenvalue weighted by Gasteiger charge is -2.39. The minimum absolute atomic E-state index is 0.145. The number of aryl methyl sites for hydroxylation is 1. The van der Waals surface area contributed by atoms with Crippen molar-refractivity contribution in [3.05, 3.63) is 29.6 Å². The van der Waals surface area contributed by atoms with Crippen molar-refractivity contribution in [2.24, 2.45) is 5.41 Å². The zero-order chi connectivity index (χ0) is 18.9. The molecule has 0 N–H and O–H groups in total. The fourth-order valence-corrected chi connectivity index (χ4v) is 5.07. The van der Waals surface area contributed by atoms with Crippen LogP contribution in [0.3, 0.4) is 0 Å². The van der Waals surface area contributed by atoms with Crippen molar-refractivity contribution in [3.8, 4) is 0 Å². The van der Waals surface area contributed by atoms with Crippen LogP contribution in [0.2, 0.25) is 0 Å². The highest BCUT2D eigenvalue weighted by atomic mass is 16.5. The first-order valence-corrected chi connectivity index (χ1v) is 10.3. The van der Waals surface area contributed by atoms with Crippen molar-refractivity contribution < 1.29 is 9.53 Å². The molecule has 1 amide bonds. The van der Waals surface area contributed by atoms with Gasteiger partial charge in [-0.25, -0.2) is 0 Å². The molecular weight excluding hydrogens is 340 g/mol. The molecule has 3 saturated heterocycles. The highest BCUT2D eigenvalue weighted by Crippen LogP contribution is 2.43. The van der Waals surface area contributed by atoms with Crippen LogP contribution in [-0.2, 0) is 4.74 Å². The lowest BCUT2D eigenvalue weighted by Crippen LogP contribution is -2.44. The van der Waals surface area contributed by atoms with Gasteiger partial charge < -0.3 is 14.5 Å². The lowest BCUT2D eigenvalue weighted by atomic mass is 9.76. The summed E-state index contributed by atoms with van der Waals surface area (Å²) in [6.45, 7) is 9.89. The Balaban J connectivity index is 1.34. The van der Waals surface area contributed by atoms with Gasteiger partial charge in [-0.1, -0.05) is 0 Å². The van der Waals surface area contributed by atoms with Gasteiger partial charge in [0.1, 0.15) is 0 Å². The van der Waals surface area contributed by atoms with E-state index in [1.807, 2.05) is 17.9 Å². The van der Waals surface area contributed by atoms with E-state index in [1.165, 1.54) is 6.42 Å². The fraction of sp³-hybridized carbons (Fsp3) is 0.714. The van der Waals surface area contributed by atoms with Gasteiger partial charge in [0.05, 0.1) is 18.8 Å². The SMILES string of the molecule is Cc1ccncc1C(=O)N1CCC2(CC1)CC(CN1CCOCC1)N(C)C2. The third-order valence-electron chi connectivity index (χ3n) is 6.83. The predicted molar refractivity (Wildman–Crippen MR) is 105 cm³/mol. The highest BCUT2D eigenvalue weighted by Gasteiger charge is 2.45. The van der Waals surface area contributed by atoms with Crippen LogP contribution in [0.5, 0.6) is 0 Å². The number of piperidine rings is 1. The Morgan fingerprint density at radius 1 is 1.26 bits per heavy atom. The average molecular weight is 373 g/mol. The normalized spacial score (nSPS) is 26.6. The molecule has 1 aromatic rings. The van der Waals surface area contributed by atoms with Gasteiger partial charge >= 0.3 is 0 Å². The number of pyridine rings is 1. The van der Waals surface area contributed by atoms with Crippen LogP contribution < -0.4 is 0 Å². The molecule has 1 unspecified atom stereocenters. The number of hydrogen-bond donors (Lipinski definition) is 0. The van der Waals surface area contributed by atoms with Gasteiger partial charge in [0.25, 0.3) is 5.91 Å². The van der Waals surface area contributed by atoms with Gasteiger partial charge in [0, 0.05) is 57.7 Å². The summed E-state index contributed by atoms with van der Waals surface area (Å²) in [6, 6.07) is 2.55. The number of likely N-dealkylation sites (tertiary alicyclic amines) is 2. The molecule has 1 spiro atoms. The topological polar surface area (TPSA) is 48.9 Å². The maximum atomic E-state index is 12.9. The van der Waals surface area contributed by atoms with E-state index in [4.69, 9.17) is 4.74 Å². The van der Waals surface area contributed by atoms with Gasteiger partial charge in [-0.2, -0.15) is 0 Å². The standard InChI is InChI=1S/C21H32N4O2/c1-17-3-6-22-14-19(17)20(26)25-7-4-21(5-8-25)13-18(23(2)16-21)15-24-9-11-27-12-10-24/h3,6,14,18H,4-5,7-13,15-16H2,1-2H3. The Hall–Kier alpha value is -1.50. The van der Waals surface area contributed by atoms with Crippen LogP contribution in [0.1, 0.15) is 35.2 Å². The second-order valence-electron chi connectivity index (χ2n) is 8.67. The molecule has 4 heterocycles. The van der Waals surface area contributed by atoms with E-state index < -0.39 is 0 Å². The number of likely N-dealkylation sites (N-methyl/N-ethyl adjacent to an activating group) is 1. The molecule has 0 radical (unpaired) electrons. The summed E-state index contributed by atoms with van der Waals surface area (Å²) in [5.74, 6) is 0.145. The van der Waals surface area contributed by atoms with Crippen molar-refractivity contribution in [1.29, 1.82) is 0 Å². The number of nitrogens with zero attached hydrogens (tertiary/aromatic N) is 4. The number of carbonyl (C=O) groups excluding carboxylic acids is 1. The highest BCUT2D eigenvalue weighted by molar-refractivity contribution is 5.95. The molecule has 0 saturated carbocycles. The first kappa shape index (κ1) is 18.8. The third kappa shape index (κ3) is 4.03. The maximum Gasteiger partial charge on any atom is 0.255 e. The molecule has 0 aliphatic carbocycles. The molecule has 1 atom stereocenters. The minimum atomic E-state index is 0.145. The summed E-state index contributed by atoms with van der Waals surface area (Å²) < 4.78 is 5.48. The van der Waals surface area contributed by atoms with Crippen molar-refractivity contribution in [1.82, 2.24) is 19.7 Å². The zero-order valence-corrected chi connectivity index (χ0v) is 16.7. The van der Waals surface area contributed by atoms with E-state index in [0.29, 0.717) is 11.5 Å². The van der Waals surface area contributed by atoms with Crippen LogP contribution >= 0.6 is 0 Å². The van der Waals surface area contributed by atoms with E-state index in [2.05, 4.69) is 21.8 Å². The molecule has 148 valence electrons. The summed E-state index contributed by atoms with van der Waals surface area (Å²) in [7, 11) is 2.27. The number of amides is 1. The lowest BCUT2D eigenvalue weighted by molar-refractivity contribution is 0.0283. The molecule has 6 nitrogen and oxygen atoms in total. The largest absolute Gasteiger partial charge is 0.379 e. The first-order chi connectivity index (χ1) is 13.1. The molecule has 3 fully saturated rings. The second kappa shape index (κ2) is 7.86. The van der Waals surface area contributed by atoms with Gasteiger partial charge in [0.15, 0.2) is 0 Å². The van der Waals surface area contributed by atoms with E-state index in [1.54, 1.807) is 12.4 Å². The molecule has 6 heteroatoms. The number of morpholine rings is 1. The van der Waals surface area contributed by atoms with E-state index in [9.17, 15) is 4.79 Å². The van der Waals surface area contributed by atoms with Gasteiger partial charge in [-0.05, 0) is 50.3 Å². The number of aromatic nitrogens is 1. The molecule has 1 aromatic heterocycles. The van der Waals surface area contributed by atoms with Crippen LogP contribution in [0, 0.1) is 12.3 Å². The smallest absolute Gasteiger partial charge is 0.255 e. The van der Waals surface area contributed by atoms with Gasteiger partial charge in [-0.3, -0.25) is 14.7 Å². The number of carbonyl (C=O) groups is 1. The molecule has 3 aliphatic rings. The van der Waals surface area contributed by atoms with Crippen LogP contribution in [0.4, 0.5) is 0 Å². The third-order valence-corrected chi connectivity index (χ3v) is 6.83. The van der Waals surface area contributed by atoms with Crippen molar-refractivity contribution >= 4 is 5.91 Å². The Morgan fingerprint density at radius 3 is 2.70 bits per heavy atom. The fourth-order valence-electron chi connectivity index (χ4n) is 5.07. The van der Waals surface area contributed by atoms with Crippen molar-refractivity contribution in [2.75, 3.05) is 59.5 Å². The Kier molecular flexibility index (Phi) is 5.48. The number of ether oxygens (including phenoxy) is 1. The first-order valence-electron chi connectivity index (χ1n) is 10.3. The quantitative estimate of drug-likeness (QED) is 0.808. The summed E-state index contributed by atoms with van der Waals surface area (Å²) in [6.07, 6.45) is 6.95. The Labute approximate surface area is 162 Å². The van der Waals surface area contributed by atoms with E-state index >= 15 is 0 Å². The maximum absolute atomic E-state index is 12.9. The predicted octanol–water partition coefficient (Wildman–Crippen LogP) is 1.65. The second-order valence-corrected chi connectivity index (χ2v) is 8.67. The van der Waals surface area contributed by atoms with Crippen LogP contribution in [0.15, 0.2) is 18.5 Å². The molecular formula is C21H32N4O2. The van der Waals surface area contributed by atoms with E-state index in [-0.39, 0.29) is 5.91 Å². The summed E-state index contributed by atoms with van der Waals surface area (Å²) in [5.41, 5.74) is 2.15. The van der Waals surface area contributed by atoms with Crippen molar-refractivity contribution in [2.45, 2.75) is 32.2 Å². The number of hydrogen-bond acceptors (Lipinski definition) is 5. The van der Waals surface area contributed by atoms with Crippen LogP contribution in [0.25, 0.3) is 0 Å². The Bertz CT molecular complexity index is 666. The van der Waals surface area contributed by atoms with Gasteiger partial charge in [0.2, 0.25) is 0 Å². The minimum Gasteiger partial charge on any atom is -0.379 e. The monoisotopic (exact) mass is 372 g/mol. The Morgan fingerprint density at radius 2 is 2.00 bits per heavy atom.